The van der Waals surface area contributed by atoms with E-state index in [9.17, 15) is 4.39 Å². The number of hydrogen-bond acceptors (Lipinski definition) is 2. The van der Waals surface area contributed by atoms with Crippen molar-refractivity contribution in [3.63, 3.8) is 0 Å². The van der Waals surface area contributed by atoms with Gasteiger partial charge in [-0.15, -0.1) is 0 Å². The van der Waals surface area contributed by atoms with Gasteiger partial charge in [0.05, 0.1) is 11.0 Å². The average molecular weight is 306 g/mol. The van der Waals surface area contributed by atoms with Gasteiger partial charge < -0.3 is 8.98 Å². The van der Waals surface area contributed by atoms with E-state index in [1.165, 1.54) is 12.1 Å². The SMILES string of the molecule is Cc1ccc(-c2nc3ccc(F)cc3n2Cc2ccccc2)o1. The Morgan fingerprint density at radius 1 is 1.04 bits per heavy atom. The number of fused-ring (bicyclic) bond motifs is 1. The number of nitrogens with zero attached hydrogens (tertiary/aromatic N) is 2. The zero-order chi connectivity index (χ0) is 15.8. The Kier molecular flexibility index (Phi) is 3.23. The van der Waals surface area contributed by atoms with Crippen LogP contribution in [0.4, 0.5) is 4.39 Å². The summed E-state index contributed by atoms with van der Waals surface area (Å²) in [7, 11) is 0. The van der Waals surface area contributed by atoms with Gasteiger partial charge in [0.15, 0.2) is 11.6 Å². The second-order valence-electron chi connectivity index (χ2n) is 5.55. The monoisotopic (exact) mass is 306 g/mol. The Morgan fingerprint density at radius 3 is 2.61 bits per heavy atom. The maximum atomic E-state index is 13.7. The topological polar surface area (TPSA) is 31.0 Å². The van der Waals surface area contributed by atoms with Crippen LogP contribution in [0.5, 0.6) is 0 Å². The van der Waals surface area contributed by atoms with Gasteiger partial charge in [0.1, 0.15) is 11.6 Å². The molecule has 0 aliphatic carbocycles. The Labute approximate surface area is 133 Å². The third-order valence-electron chi connectivity index (χ3n) is 3.85. The summed E-state index contributed by atoms with van der Waals surface area (Å²) < 4.78 is 21.4. The molecule has 114 valence electrons. The van der Waals surface area contributed by atoms with Crippen molar-refractivity contribution < 1.29 is 8.81 Å². The Balaban J connectivity index is 1.92. The Hall–Kier alpha value is -2.88. The van der Waals surface area contributed by atoms with Crippen LogP contribution in [0.25, 0.3) is 22.6 Å². The minimum Gasteiger partial charge on any atom is -0.458 e. The van der Waals surface area contributed by atoms with Gasteiger partial charge in [0.25, 0.3) is 0 Å². The number of imidazole rings is 1. The molecule has 0 saturated heterocycles. The highest BCUT2D eigenvalue weighted by molar-refractivity contribution is 5.80. The zero-order valence-corrected chi connectivity index (χ0v) is 12.7. The first-order chi connectivity index (χ1) is 11.2. The minimum atomic E-state index is -0.270. The average Bonchev–Trinajstić information content (AvgIpc) is 3.13. The molecule has 2 aromatic heterocycles. The van der Waals surface area contributed by atoms with Crippen LogP contribution >= 0.6 is 0 Å². The first-order valence-electron chi connectivity index (χ1n) is 7.47. The molecule has 0 spiro atoms. The molecule has 4 aromatic rings. The van der Waals surface area contributed by atoms with E-state index in [0.717, 1.165) is 22.4 Å². The molecule has 4 heteroatoms. The molecule has 23 heavy (non-hydrogen) atoms. The van der Waals surface area contributed by atoms with E-state index in [4.69, 9.17) is 4.42 Å². The van der Waals surface area contributed by atoms with Crippen molar-refractivity contribution in [2.24, 2.45) is 0 Å². The van der Waals surface area contributed by atoms with Crippen molar-refractivity contribution in [2.45, 2.75) is 13.5 Å². The van der Waals surface area contributed by atoms with E-state index >= 15 is 0 Å². The van der Waals surface area contributed by atoms with E-state index < -0.39 is 0 Å². The normalized spacial score (nSPS) is 11.2. The highest BCUT2D eigenvalue weighted by Gasteiger charge is 2.16. The fourth-order valence-electron chi connectivity index (χ4n) is 2.76. The summed E-state index contributed by atoms with van der Waals surface area (Å²) in [6.07, 6.45) is 0. The van der Waals surface area contributed by atoms with E-state index in [2.05, 4.69) is 4.98 Å². The molecule has 0 fully saturated rings. The highest BCUT2D eigenvalue weighted by Crippen LogP contribution is 2.27. The summed E-state index contributed by atoms with van der Waals surface area (Å²) in [5.41, 5.74) is 2.64. The van der Waals surface area contributed by atoms with Crippen LogP contribution in [0.3, 0.4) is 0 Å². The van der Waals surface area contributed by atoms with E-state index in [1.807, 2.05) is 54.0 Å². The second kappa shape index (κ2) is 5.39. The predicted octanol–water partition coefficient (Wildman–Crippen LogP) is 4.79. The van der Waals surface area contributed by atoms with Crippen molar-refractivity contribution in [3.05, 3.63) is 77.8 Å². The Morgan fingerprint density at radius 2 is 1.87 bits per heavy atom. The molecule has 0 aliphatic rings. The maximum Gasteiger partial charge on any atom is 0.177 e. The standard InChI is InChI=1S/C19H15FN2O/c1-13-7-10-18(23-13)19-21-16-9-8-15(20)11-17(16)22(19)12-14-5-3-2-4-6-14/h2-11H,12H2,1H3. The minimum absolute atomic E-state index is 0.270. The maximum absolute atomic E-state index is 13.7. The molecule has 0 N–H and O–H groups in total. The zero-order valence-electron chi connectivity index (χ0n) is 12.7. The van der Waals surface area contributed by atoms with Crippen LogP contribution in [0.2, 0.25) is 0 Å². The van der Waals surface area contributed by atoms with Gasteiger partial charge in [-0.3, -0.25) is 0 Å². The molecule has 0 aliphatic heterocycles. The molecular weight excluding hydrogens is 291 g/mol. The van der Waals surface area contributed by atoms with Crippen LogP contribution in [0, 0.1) is 12.7 Å². The highest BCUT2D eigenvalue weighted by atomic mass is 19.1. The summed E-state index contributed by atoms with van der Waals surface area (Å²) >= 11 is 0. The molecule has 3 nitrogen and oxygen atoms in total. The fraction of sp³-hybridized carbons (Fsp3) is 0.105. The fourth-order valence-corrected chi connectivity index (χ4v) is 2.76. The first kappa shape index (κ1) is 13.8. The van der Waals surface area contributed by atoms with Gasteiger partial charge in [-0.25, -0.2) is 9.37 Å². The third-order valence-corrected chi connectivity index (χ3v) is 3.85. The van der Waals surface area contributed by atoms with Gasteiger partial charge in [0, 0.05) is 6.54 Å². The molecule has 0 unspecified atom stereocenters. The number of aromatic nitrogens is 2. The van der Waals surface area contributed by atoms with E-state index in [-0.39, 0.29) is 5.82 Å². The van der Waals surface area contributed by atoms with Crippen LogP contribution in [0.1, 0.15) is 11.3 Å². The van der Waals surface area contributed by atoms with Crippen LogP contribution in [0.15, 0.2) is 65.1 Å². The summed E-state index contributed by atoms with van der Waals surface area (Å²) in [5, 5.41) is 0. The number of hydrogen-bond donors (Lipinski definition) is 0. The summed E-state index contributed by atoms with van der Waals surface area (Å²) in [5.74, 6) is 1.95. The lowest BCUT2D eigenvalue weighted by Gasteiger charge is -2.08. The summed E-state index contributed by atoms with van der Waals surface area (Å²) in [6, 6.07) is 18.5. The lowest BCUT2D eigenvalue weighted by atomic mass is 10.2. The number of benzene rings is 2. The largest absolute Gasteiger partial charge is 0.458 e. The van der Waals surface area contributed by atoms with Crippen LogP contribution < -0.4 is 0 Å². The van der Waals surface area contributed by atoms with Gasteiger partial charge in [-0.2, -0.15) is 0 Å². The lowest BCUT2D eigenvalue weighted by molar-refractivity contribution is 0.540. The smallest absolute Gasteiger partial charge is 0.177 e. The van der Waals surface area contributed by atoms with Crippen molar-refractivity contribution in [1.82, 2.24) is 9.55 Å². The number of halogens is 1. The molecule has 4 rings (SSSR count). The van der Waals surface area contributed by atoms with Crippen LogP contribution in [-0.2, 0) is 6.54 Å². The van der Waals surface area contributed by atoms with E-state index in [1.54, 1.807) is 6.07 Å². The quantitative estimate of drug-likeness (QED) is 0.545. The van der Waals surface area contributed by atoms with Crippen molar-refractivity contribution in [1.29, 1.82) is 0 Å². The van der Waals surface area contributed by atoms with Gasteiger partial charge in [-0.05, 0) is 42.8 Å². The summed E-state index contributed by atoms with van der Waals surface area (Å²) in [6.45, 7) is 2.50. The molecular formula is C19H15FN2O. The lowest BCUT2D eigenvalue weighted by Crippen LogP contribution is -2.02. The molecule has 0 atom stereocenters. The second-order valence-corrected chi connectivity index (χ2v) is 5.55. The molecule has 0 bridgehead atoms. The molecule has 0 saturated carbocycles. The number of rotatable bonds is 3. The van der Waals surface area contributed by atoms with Crippen LogP contribution in [-0.4, -0.2) is 9.55 Å². The van der Waals surface area contributed by atoms with Crippen molar-refractivity contribution in [3.8, 4) is 11.6 Å². The van der Waals surface area contributed by atoms with Gasteiger partial charge >= 0.3 is 0 Å². The molecule has 0 radical (unpaired) electrons. The first-order valence-corrected chi connectivity index (χ1v) is 7.47. The van der Waals surface area contributed by atoms with Gasteiger partial charge in [0.2, 0.25) is 0 Å². The Bertz CT molecular complexity index is 970. The predicted molar refractivity (Wildman–Crippen MR) is 87.7 cm³/mol. The summed E-state index contributed by atoms with van der Waals surface area (Å²) in [4.78, 5) is 4.64. The number of furan rings is 1. The van der Waals surface area contributed by atoms with Crippen molar-refractivity contribution >= 4 is 11.0 Å². The van der Waals surface area contributed by atoms with Gasteiger partial charge in [-0.1, -0.05) is 30.3 Å². The molecule has 2 aromatic carbocycles. The van der Waals surface area contributed by atoms with E-state index in [0.29, 0.717) is 18.1 Å². The number of aryl methyl sites for hydroxylation is 1. The molecule has 2 heterocycles. The third kappa shape index (κ3) is 2.52. The van der Waals surface area contributed by atoms with Crippen molar-refractivity contribution in [2.75, 3.05) is 0 Å². The molecule has 0 amide bonds.